The van der Waals surface area contributed by atoms with Crippen LogP contribution in [0.2, 0.25) is 0 Å². The lowest BCUT2D eigenvalue weighted by atomic mass is 10.1. The molecule has 1 aliphatic heterocycles. The van der Waals surface area contributed by atoms with E-state index >= 15 is 0 Å². The number of nitrogens with zero attached hydrogens (tertiary/aromatic N) is 2. The molecule has 1 atom stereocenters. The number of ether oxygens (including phenoxy) is 2. The van der Waals surface area contributed by atoms with Gasteiger partial charge in [-0.05, 0) is 29.3 Å². The summed E-state index contributed by atoms with van der Waals surface area (Å²) in [4.78, 5) is 16.3. The number of rotatable bonds is 8. The Morgan fingerprint density at radius 1 is 1.03 bits per heavy atom. The molecule has 0 saturated heterocycles. The summed E-state index contributed by atoms with van der Waals surface area (Å²) in [5.74, 6) is -0.631. The number of methoxy groups -OCH3 is 2. The Hall–Kier alpha value is -2.87. The van der Waals surface area contributed by atoms with Crippen LogP contribution in [0.5, 0.6) is 11.8 Å². The molecule has 7 nitrogen and oxygen atoms in total. The van der Waals surface area contributed by atoms with Crippen molar-refractivity contribution in [3.63, 3.8) is 0 Å². The van der Waals surface area contributed by atoms with Crippen molar-refractivity contribution < 1.29 is 42.1 Å². The van der Waals surface area contributed by atoms with Crippen molar-refractivity contribution in [2.45, 2.75) is 23.9 Å². The van der Waals surface area contributed by atoms with Crippen LogP contribution in [-0.4, -0.2) is 50.2 Å². The topological polar surface area (TPSA) is 85.8 Å². The lowest BCUT2D eigenvalue weighted by molar-refractivity contribution is -0.132. The van der Waals surface area contributed by atoms with Crippen molar-refractivity contribution in [3.8, 4) is 11.8 Å². The number of aromatic nitrogens is 1. The van der Waals surface area contributed by atoms with Crippen LogP contribution >= 0.6 is 10.2 Å². The highest BCUT2D eigenvalue weighted by molar-refractivity contribution is 8.45. The molecule has 0 bridgehead atoms. The van der Waals surface area contributed by atoms with E-state index in [0.717, 1.165) is 17.5 Å². The zero-order valence-corrected chi connectivity index (χ0v) is 19.6. The maximum Gasteiger partial charge on any atom is 0.310 e. The van der Waals surface area contributed by atoms with Crippen LogP contribution in [0.4, 0.5) is 19.4 Å². The first-order chi connectivity index (χ1) is 15.5. The van der Waals surface area contributed by atoms with Gasteiger partial charge in [-0.15, -0.1) is 0 Å². The van der Waals surface area contributed by atoms with Gasteiger partial charge in [0.15, 0.2) is 9.84 Å². The molecule has 0 saturated carbocycles. The highest BCUT2D eigenvalue weighted by Gasteiger charge is 2.65. The summed E-state index contributed by atoms with van der Waals surface area (Å²) in [5, 5.41) is 0.981. The van der Waals surface area contributed by atoms with E-state index in [0.29, 0.717) is 5.56 Å². The summed E-state index contributed by atoms with van der Waals surface area (Å²) >= 11 is 0. The molecule has 1 unspecified atom stereocenters. The molecule has 2 heterocycles. The molecule has 1 aromatic heterocycles. The average molecular weight is 529 g/mol. The Morgan fingerprint density at radius 3 is 2.03 bits per heavy atom. The highest BCUT2D eigenvalue weighted by Crippen LogP contribution is 3.02. The van der Waals surface area contributed by atoms with Gasteiger partial charge >= 0.3 is 10.2 Å². The SMILES string of the molecule is COc1cc(CN(C(=O)Cc2ccc(S(F)(F)(F)(F)F)cc2)C2C=CS(=O)(=O)C2)cc(OC)n1. The number of benzene rings is 1. The second-order valence-corrected chi connectivity index (χ2v) is 11.9. The second kappa shape index (κ2) is 8.12. The van der Waals surface area contributed by atoms with Gasteiger partial charge in [0.05, 0.1) is 32.4 Å². The molecule has 188 valence electrons. The van der Waals surface area contributed by atoms with E-state index in [2.05, 4.69) is 4.98 Å². The summed E-state index contributed by atoms with van der Waals surface area (Å²) in [6.07, 6.45) is 0.893. The van der Waals surface area contributed by atoms with Crippen molar-refractivity contribution in [1.82, 2.24) is 9.88 Å². The zero-order valence-electron chi connectivity index (χ0n) is 18.0. The van der Waals surface area contributed by atoms with E-state index < -0.39 is 43.3 Å². The van der Waals surface area contributed by atoms with Crippen molar-refractivity contribution in [1.29, 1.82) is 0 Å². The molecule has 0 N–H and O–H groups in total. The molecule has 1 aliphatic rings. The van der Waals surface area contributed by atoms with Gasteiger partial charge in [-0.3, -0.25) is 4.79 Å². The first-order valence-corrected chi connectivity index (χ1v) is 13.3. The number of halogens is 5. The van der Waals surface area contributed by atoms with Crippen LogP contribution in [0, 0.1) is 0 Å². The van der Waals surface area contributed by atoms with E-state index in [-0.39, 0.29) is 41.8 Å². The molecular formula is C20H21F5N2O5S2. The van der Waals surface area contributed by atoms with Crippen molar-refractivity contribution >= 4 is 26.0 Å². The molecule has 3 rings (SSSR count). The highest BCUT2D eigenvalue weighted by atomic mass is 32.5. The van der Waals surface area contributed by atoms with Crippen LogP contribution in [-0.2, 0) is 27.6 Å². The first kappa shape index (κ1) is 25.7. The smallest absolute Gasteiger partial charge is 0.310 e. The van der Waals surface area contributed by atoms with Crippen molar-refractivity contribution in [2.75, 3.05) is 20.0 Å². The molecule has 0 aliphatic carbocycles. The molecule has 2 aromatic rings. The summed E-state index contributed by atoms with van der Waals surface area (Å²) in [6.45, 7) is -0.0951. The van der Waals surface area contributed by atoms with Gasteiger partial charge in [-0.25, -0.2) is 8.42 Å². The number of amides is 1. The molecular weight excluding hydrogens is 507 g/mol. The normalized spacial score (nSPS) is 19.2. The van der Waals surface area contributed by atoms with Gasteiger partial charge < -0.3 is 14.4 Å². The van der Waals surface area contributed by atoms with Crippen molar-refractivity contribution in [3.05, 3.63) is 59.0 Å². The van der Waals surface area contributed by atoms with E-state index in [4.69, 9.17) is 9.47 Å². The Morgan fingerprint density at radius 2 is 1.59 bits per heavy atom. The first-order valence-electron chi connectivity index (χ1n) is 9.62. The third-order valence-electron chi connectivity index (χ3n) is 4.97. The minimum Gasteiger partial charge on any atom is -0.481 e. The molecule has 0 fully saturated rings. The van der Waals surface area contributed by atoms with Gasteiger partial charge in [0.25, 0.3) is 0 Å². The average Bonchev–Trinajstić information content (AvgIpc) is 3.09. The fraction of sp³-hybridized carbons (Fsp3) is 0.300. The third-order valence-corrected chi connectivity index (χ3v) is 7.51. The Kier molecular flexibility index (Phi) is 6.15. The van der Waals surface area contributed by atoms with Crippen molar-refractivity contribution in [2.24, 2.45) is 0 Å². The number of carbonyl (C=O) groups excluding carboxylic acids is 1. The van der Waals surface area contributed by atoms with Gasteiger partial charge in [0.2, 0.25) is 17.7 Å². The predicted octanol–water partition coefficient (Wildman–Crippen LogP) is 4.64. The summed E-state index contributed by atoms with van der Waals surface area (Å²) < 4.78 is 98.8. The van der Waals surface area contributed by atoms with Gasteiger partial charge in [0.1, 0.15) is 4.90 Å². The molecule has 14 heteroatoms. The lowest BCUT2D eigenvalue weighted by Crippen LogP contribution is -2.41. The van der Waals surface area contributed by atoms with Crippen LogP contribution < -0.4 is 9.47 Å². The van der Waals surface area contributed by atoms with Gasteiger partial charge in [-0.1, -0.05) is 31.6 Å². The Labute approximate surface area is 192 Å². The van der Waals surface area contributed by atoms with E-state index in [1.165, 1.54) is 37.3 Å². The minimum absolute atomic E-state index is 0.0512. The number of sulfone groups is 1. The van der Waals surface area contributed by atoms with Crippen LogP contribution in [0.15, 0.2) is 52.8 Å². The van der Waals surface area contributed by atoms with Gasteiger partial charge in [0, 0.05) is 24.1 Å². The fourth-order valence-electron chi connectivity index (χ4n) is 3.31. The van der Waals surface area contributed by atoms with E-state index in [1.807, 2.05) is 0 Å². The largest absolute Gasteiger partial charge is 0.481 e. The summed E-state index contributed by atoms with van der Waals surface area (Å²) in [6, 6.07) is 4.23. The lowest BCUT2D eigenvalue weighted by Gasteiger charge is -2.40. The van der Waals surface area contributed by atoms with E-state index in [1.54, 1.807) is 0 Å². The monoisotopic (exact) mass is 528 g/mol. The maximum atomic E-state index is 13.1. The van der Waals surface area contributed by atoms with E-state index in [9.17, 15) is 32.6 Å². The second-order valence-electron chi connectivity index (χ2n) is 7.60. The fourth-order valence-corrected chi connectivity index (χ4v) is 5.26. The Balaban J connectivity index is 1.89. The standard InChI is InChI=1S/C20H21F5N2O5S2/c1-31-18-9-15(10-19(26-18)32-2)12-27(16-7-8-33(29,30)13-16)20(28)11-14-3-5-17(6-4-14)34(21,22,23,24)25/h3-10,16H,11-13H2,1-2H3. The molecule has 0 radical (unpaired) electrons. The van der Waals surface area contributed by atoms with Gasteiger partial charge in [-0.2, -0.15) is 4.98 Å². The molecule has 0 spiro atoms. The number of pyridine rings is 1. The minimum atomic E-state index is -9.84. The number of hydrogen-bond donors (Lipinski definition) is 0. The molecule has 1 amide bonds. The molecule has 1 aromatic carbocycles. The van der Waals surface area contributed by atoms with Crippen LogP contribution in [0.1, 0.15) is 11.1 Å². The van der Waals surface area contributed by atoms with Crippen LogP contribution in [0.3, 0.4) is 0 Å². The predicted molar refractivity (Wildman–Crippen MR) is 116 cm³/mol. The third kappa shape index (κ3) is 6.38. The number of hydrogen-bond acceptors (Lipinski definition) is 6. The van der Waals surface area contributed by atoms with Crippen LogP contribution in [0.25, 0.3) is 0 Å². The maximum absolute atomic E-state index is 13.1. The summed E-state index contributed by atoms with van der Waals surface area (Å²) in [5.41, 5.74) is 0.543. The zero-order chi connectivity index (χ0) is 25.4. The molecule has 34 heavy (non-hydrogen) atoms. The summed E-state index contributed by atoms with van der Waals surface area (Å²) in [7, 11) is -10.6. The number of carbonyl (C=O) groups is 1. The Bertz CT molecular complexity index is 1210. The quantitative estimate of drug-likeness (QED) is 0.464.